The third-order valence-corrected chi connectivity index (χ3v) is 5.17. The van der Waals surface area contributed by atoms with Gasteiger partial charge in [0.05, 0.1) is 11.8 Å². The minimum atomic E-state index is -0.186. The van der Waals surface area contributed by atoms with Crippen LogP contribution in [-0.4, -0.2) is 35.7 Å². The molecule has 0 spiro atoms. The molecule has 0 unspecified atom stereocenters. The Bertz CT molecular complexity index is 741. The molecule has 122 valence electrons. The van der Waals surface area contributed by atoms with Crippen LogP contribution >= 0.6 is 15.9 Å². The summed E-state index contributed by atoms with van der Waals surface area (Å²) in [5, 5.41) is 14.5. The number of rotatable bonds is 3. The van der Waals surface area contributed by atoms with Crippen LogP contribution in [0.2, 0.25) is 0 Å². The number of amides is 2. The van der Waals surface area contributed by atoms with Gasteiger partial charge in [-0.05, 0) is 42.7 Å². The van der Waals surface area contributed by atoms with Crippen LogP contribution in [0.25, 0.3) is 10.8 Å². The summed E-state index contributed by atoms with van der Waals surface area (Å²) in [4.78, 5) is 14.2. The molecule has 0 bridgehead atoms. The molecule has 0 atom stereocenters. The van der Waals surface area contributed by atoms with E-state index in [1.807, 2.05) is 37.3 Å². The zero-order chi connectivity index (χ0) is 16.6. The predicted molar refractivity (Wildman–Crippen MR) is 96.8 cm³/mol. The fourth-order valence-electron chi connectivity index (χ4n) is 3.15. The lowest BCUT2D eigenvalue weighted by Crippen LogP contribution is -2.41. The molecule has 23 heavy (non-hydrogen) atoms. The van der Waals surface area contributed by atoms with E-state index in [9.17, 15) is 9.90 Å². The lowest BCUT2D eigenvalue weighted by Gasteiger charge is -2.34. The largest absolute Gasteiger partial charge is 0.393 e. The second kappa shape index (κ2) is 6.49. The van der Waals surface area contributed by atoms with Gasteiger partial charge in [0.2, 0.25) is 0 Å². The Labute approximate surface area is 144 Å². The van der Waals surface area contributed by atoms with E-state index >= 15 is 0 Å². The number of urea groups is 1. The van der Waals surface area contributed by atoms with Gasteiger partial charge in [0.1, 0.15) is 0 Å². The number of aliphatic hydroxyl groups is 1. The Kier molecular flexibility index (Phi) is 4.60. The molecule has 1 aliphatic carbocycles. The molecule has 0 radical (unpaired) electrons. The molecule has 1 fully saturated rings. The molecule has 2 aromatic rings. The number of aliphatic hydroxyl groups excluding tert-OH is 1. The molecule has 2 N–H and O–H groups in total. The van der Waals surface area contributed by atoms with Crippen LogP contribution in [0.5, 0.6) is 0 Å². The van der Waals surface area contributed by atoms with Crippen LogP contribution in [0.15, 0.2) is 34.8 Å². The molecule has 0 heterocycles. The van der Waals surface area contributed by atoms with Crippen molar-refractivity contribution in [3.8, 4) is 0 Å². The second-order valence-corrected chi connectivity index (χ2v) is 7.25. The summed E-state index contributed by atoms with van der Waals surface area (Å²) in [5.41, 5.74) is 1.88. The number of benzene rings is 2. The normalized spacial score (nSPS) is 20.2. The number of halogens is 1. The third kappa shape index (κ3) is 3.35. The minimum Gasteiger partial charge on any atom is -0.393 e. The summed E-state index contributed by atoms with van der Waals surface area (Å²) in [5.74, 6) is 0.406. The molecule has 4 nitrogen and oxygen atoms in total. The van der Waals surface area contributed by atoms with Crippen molar-refractivity contribution in [1.29, 1.82) is 0 Å². The zero-order valence-electron chi connectivity index (χ0n) is 13.3. The van der Waals surface area contributed by atoms with Gasteiger partial charge in [-0.15, -0.1) is 0 Å². The van der Waals surface area contributed by atoms with Gasteiger partial charge in [0, 0.05) is 23.5 Å². The molecule has 2 amide bonds. The molecule has 5 heteroatoms. The Morgan fingerprint density at radius 3 is 2.65 bits per heavy atom. The monoisotopic (exact) mass is 376 g/mol. The van der Waals surface area contributed by atoms with Crippen molar-refractivity contribution in [1.82, 2.24) is 4.90 Å². The summed E-state index contributed by atoms with van der Waals surface area (Å²) in [6.07, 6.45) is 1.39. The molecule has 3 rings (SSSR count). The number of hydrogen-bond donors (Lipinski definition) is 2. The number of nitrogens with one attached hydrogen (secondary N) is 1. The number of nitrogens with zero attached hydrogens (tertiary/aromatic N) is 1. The van der Waals surface area contributed by atoms with Crippen molar-refractivity contribution in [3.05, 3.63) is 40.4 Å². The van der Waals surface area contributed by atoms with Crippen molar-refractivity contribution in [2.45, 2.75) is 25.9 Å². The van der Waals surface area contributed by atoms with Crippen LogP contribution in [0.3, 0.4) is 0 Å². The lowest BCUT2D eigenvalue weighted by molar-refractivity contribution is 0.0332. The molecular weight excluding hydrogens is 356 g/mol. The van der Waals surface area contributed by atoms with Crippen molar-refractivity contribution in [2.75, 3.05) is 18.9 Å². The highest BCUT2D eigenvalue weighted by Gasteiger charge is 2.29. The minimum absolute atomic E-state index is 0.109. The van der Waals surface area contributed by atoms with Crippen LogP contribution in [-0.2, 0) is 0 Å². The average Bonchev–Trinajstić information content (AvgIpc) is 2.49. The van der Waals surface area contributed by atoms with Gasteiger partial charge in [-0.2, -0.15) is 0 Å². The van der Waals surface area contributed by atoms with Gasteiger partial charge in [0.15, 0.2) is 0 Å². The average molecular weight is 377 g/mol. The highest BCUT2D eigenvalue weighted by Crippen LogP contribution is 2.33. The summed E-state index contributed by atoms with van der Waals surface area (Å²) in [6.45, 7) is 2.67. The topological polar surface area (TPSA) is 52.6 Å². The van der Waals surface area contributed by atoms with E-state index in [-0.39, 0.29) is 12.1 Å². The molecule has 2 aromatic carbocycles. The van der Waals surface area contributed by atoms with Crippen LogP contribution in [0.1, 0.15) is 18.4 Å². The Morgan fingerprint density at radius 2 is 2.00 bits per heavy atom. The summed E-state index contributed by atoms with van der Waals surface area (Å²) in [6, 6.07) is 9.94. The number of hydrogen-bond acceptors (Lipinski definition) is 2. The van der Waals surface area contributed by atoms with Crippen LogP contribution in [0.4, 0.5) is 10.5 Å². The Balaban J connectivity index is 1.79. The van der Waals surface area contributed by atoms with Crippen molar-refractivity contribution < 1.29 is 9.90 Å². The summed E-state index contributed by atoms with van der Waals surface area (Å²) in [7, 11) is 1.80. The van der Waals surface area contributed by atoms with Crippen molar-refractivity contribution >= 4 is 38.4 Å². The van der Waals surface area contributed by atoms with Gasteiger partial charge in [-0.25, -0.2) is 4.79 Å². The van der Waals surface area contributed by atoms with Crippen molar-refractivity contribution in [2.24, 2.45) is 5.92 Å². The van der Waals surface area contributed by atoms with Crippen molar-refractivity contribution in [3.63, 3.8) is 0 Å². The SMILES string of the molecule is Cc1cc(Br)c2ccccc2c1NC(=O)N(C)CC1CC(O)C1. The van der Waals surface area contributed by atoms with Gasteiger partial charge >= 0.3 is 6.03 Å². The van der Waals surface area contributed by atoms with Gasteiger partial charge in [-0.1, -0.05) is 40.2 Å². The first-order valence-corrected chi connectivity index (χ1v) is 8.63. The van der Waals surface area contributed by atoms with E-state index in [0.717, 1.165) is 39.3 Å². The summed E-state index contributed by atoms with van der Waals surface area (Å²) < 4.78 is 1.03. The quantitative estimate of drug-likeness (QED) is 0.845. The maximum Gasteiger partial charge on any atom is 0.321 e. The number of fused-ring (bicyclic) bond motifs is 1. The van der Waals surface area contributed by atoms with Gasteiger partial charge in [-0.3, -0.25) is 0 Å². The second-order valence-electron chi connectivity index (χ2n) is 6.40. The number of carbonyl (C=O) groups excluding carboxylic acids is 1. The fourth-order valence-corrected chi connectivity index (χ4v) is 3.84. The van der Waals surface area contributed by atoms with E-state index in [4.69, 9.17) is 0 Å². The number of anilines is 1. The zero-order valence-corrected chi connectivity index (χ0v) is 14.9. The predicted octanol–water partition coefficient (Wildman–Crippen LogP) is 4.15. The fraction of sp³-hybridized carbons (Fsp3) is 0.389. The molecule has 0 aromatic heterocycles. The maximum atomic E-state index is 12.5. The highest BCUT2D eigenvalue weighted by atomic mass is 79.9. The molecule has 0 saturated heterocycles. The molecular formula is C18H21BrN2O2. The van der Waals surface area contributed by atoms with E-state index in [2.05, 4.69) is 21.2 Å². The lowest BCUT2D eigenvalue weighted by atomic mass is 9.82. The first-order valence-electron chi connectivity index (χ1n) is 7.83. The standard InChI is InChI=1S/C18H21BrN2O2/c1-11-7-16(19)14-5-3-4-6-15(14)17(11)20-18(23)21(2)10-12-8-13(22)9-12/h3-7,12-13,22H,8-10H2,1-2H3,(H,20,23). The highest BCUT2D eigenvalue weighted by molar-refractivity contribution is 9.10. The van der Waals surface area contributed by atoms with E-state index in [1.165, 1.54) is 0 Å². The van der Waals surface area contributed by atoms with Crippen LogP contribution in [0, 0.1) is 12.8 Å². The van der Waals surface area contributed by atoms with E-state index in [1.54, 1.807) is 11.9 Å². The maximum absolute atomic E-state index is 12.5. The summed E-state index contributed by atoms with van der Waals surface area (Å²) >= 11 is 3.59. The third-order valence-electron chi connectivity index (χ3n) is 4.51. The van der Waals surface area contributed by atoms with E-state index in [0.29, 0.717) is 12.5 Å². The number of aryl methyl sites for hydroxylation is 1. The first-order chi connectivity index (χ1) is 11.0. The Hall–Kier alpha value is -1.59. The van der Waals surface area contributed by atoms with E-state index < -0.39 is 0 Å². The van der Waals surface area contributed by atoms with Gasteiger partial charge in [0.25, 0.3) is 0 Å². The molecule has 0 aliphatic heterocycles. The smallest absolute Gasteiger partial charge is 0.321 e. The number of carbonyl (C=O) groups is 1. The molecule has 1 aliphatic rings. The van der Waals surface area contributed by atoms with Gasteiger partial charge < -0.3 is 15.3 Å². The molecule has 1 saturated carbocycles. The van der Waals surface area contributed by atoms with Crippen LogP contribution < -0.4 is 5.32 Å². The first kappa shape index (κ1) is 16.3. The Morgan fingerprint density at radius 1 is 1.35 bits per heavy atom.